The molecule has 2 N–H and O–H groups in total. The molecule has 1 aliphatic rings. The van der Waals surface area contributed by atoms with Crippen molar-refractivity contribution in [3.63, 3.8) is 0 Å². The number of para-hydroxylation sites is 1. The van der Waals surface area contributed by atoms with Crippen LogP contribution in [0.25, 0.3) is 10.9 Å². The Morgan fingerprint density at radius 3 is 2.77 bits per heavy atom. The molecule has 1 aliphatic carbocycles. The quantitative estimate of drug-likeness (QED) is 0.601. The second-order valence-electron chi connectivity index (χ2n) is 7.88. The van der Waals surface area contributed by atoms with E-state index < -0.39 is 0 Å². The summed E-state index contributed by atoms with van der Waals surface area (Å²) in [5.74, 6) is 0.675. The van der Waals surface area contributed by atoms with E-state index in [0.29, 0.717) is 42.6 Å². The van der Waals surface area contributed by atoms with E-state index in [-0.39, 0.29) is 23.6 Å². The van der Waals surface area contributed by atoms with E-state index in [9.17, 15) is 9.59 Å². The van der Waals surface area contributed by atoms with Crippen molar-refractivity contribution in [2.75, 3.05) is 0 Å². The number of ether oxygens (including phenoxy) is 1. The summed E-state index contributed by atoms with van der Waals surface area (Å²) in [6, 6.07) is 17.6. The van der Waals surface area contributed by atoms with Gasteiger partial charge >= 0.3 is 0 Å². The molecule has 1 heterocycles. The molecule has 2 atom stereocenters. The van der Waals surface area contributed by atoms with Crippen LogP contribution in [-0.2, 0) is 22.6 Å². The second-order valence-corrected chi connectivity index (χ2v) is 7.88. The zero-order valence-corrected chi connectivity index (χ0v) is 17.0. The standard InChI is InChI=1S/C24H27N3O3/c28-23(12-6-11-22-26-21-10-5-4-9-20(21)24(29)27-22)25-18-13-14-19(15-18)30-16-17-7-2-1-3-8-17/h1-5,7-10,18-19H,6,11-16H2,(H,25,28)(H,26,27,29)/t18-,19-/m1/s1. The summed E-state index contributed by atoms with van der Waals surface area (Å²) in [5, 5.41) is 3.71. The smallest absolute Gasteiger partial charge is 0.258 e. The predicted octanol–water partition coefficient (Wildman–Crippen LogP) is 3.50. The van der Waals surface area contributed by atoms with Crippen LogP contribution in [0.5, 0.6) is 0 Å². The minimum Gasteiger partial charge on any atom is -0.373 e. The van der Waals surface area contributed by atoms with E-state index in [1.54, 1.807) is 6.07 Å². The summed E-state index contributed by atoms with van der Waals surface area (Å²) in [4.78, 5) is 31.7. The Morgan fingerprint density at radius 1 is 1.10 bits per heavy atom. The maximum absolute atomic E-state index is 12.3. The third kappa shape index (κ3) is 5.33. The minimum atomic E-state index is -0.132. The van der Waals surface area contributed by atoms with Crippen molar-refractivity contribution in [3.05, 3.63) is 76.3 Å². The van der Waals surface area contributed by atoms with E-state index in [1.165, 1.54) is 5.56 Å². The molecule has 1 fully saturated rings. The fourth-order valence-electron chi connectivity index (χ4n) is 3.98. The first-order valence-electron chi connectivity index (χ1n) is 10.6. The lowest BCUT2D eigenvalue weighted by molar-refractivity contribution is -0.121. The van der Waals surface area contributed by atoms with Crippen molar-refractivity contribution >= 4 is 16.8 Å². The average molecular weight is 405 g/mol. The number of fused-ring (bicyclic) bond motifs is 1. The molecule has 0 spiro atoms. The van der Waals surface area contributed by atoms with E-state index >= 15 is 0 Å². The lowest BCUT2D eigenvalue weighted by atomic mass is 10.2. The Bertz CT molecular complexity index is 1050. The van der Waals surface area contributed by atoms with Crippen molar-refractivity contribution in [1.82, 2.24) is 15.3 Å². The topological polar surface area (TPSA) is 84.1 Å². The number of hydrogen-bond donors (Lipinski definition) is 2. The number of nitrogens with zero attached hydrogens (tertiary/aromatic N) is 1. The van der Waals surface area contributed by atoms with Crippen molar-refractivity contribution in [2.45, 2.75) is 57.3 Å². The number of hydrogen-bond acceptors (Lipinski definition) is 4. The van der Waals surface area contributed by atoms with Gasteiger partial charge in [-0.2, -0.15) is 0 Å². The summed E-state index contributed by atoms with van der Waals surface area (Å²) >= 11 is 0. The molecule has 1 aromatic heterocycles. The number of amides is 1. The highest BCUT2D eigenvalue weighted by molar-refractivity contribution is 5.77. The third-order valence-corrected chi connectivity index (χ3v) is 5.56. The molecular formula is C24H27N3O3. The van der Waals surface area contributed by atoms with Crippen LogP contribution in [0.2, 0.25) is 0 Å². The van der Waals surface area contributed by atoms with Crippen molar-refractivity contribution in [1.29, 1.82) is 0 Å². The van der Waals surface area contributed by atoms with Crippen LogP contribution in [-0.4, -0.2) is 28.0 Å². The molecule has 1 amide bonds. The maximum atomic E-state index is 12.3. The molecule has 3 aromatic rings. The Balaban J connectivity index is 1.19. The molecule has 0 aliphatic heterocycles. The largest absolute Gasteiger partial charge is 0.373 e. The van der Waals surface area contributed by atoms with Gasteiger partial charge in [-0.05, 0) is 43.4 Å². The predicted molar refractivity (Wildman–Crippen MR) is 116 cm³/mol. The highest BCUT2D eigenvalue weighted by Gasteiger charge is 2.26. The molecule has 6 heteroatoms. The van der Waals surface area contributed by atoms with Crippen molar-refractivity contribution in [2.24, 2.45) is 0 Å². The summed E-state index contributed by atoms with van der Waals surface area (Å²) in [7, 11) is 0. The SMILES string of the molecule is O=C(CCCc1nc2ccccc2c(=O)[nH]1)N[C@@H]1CC[C@@H](OCc2ccccc2)C1. The Morgan fingerprint density at radius 2 is 1.90 bits per heavy atom. The molecular weight excluding hydrogens is 378 g/mol. The van der Waals surface area contributed by atoms with E-state index in [0.717, 1.165) is 19.3 Å². The summed E-state index contributed by atoms with van der Waals surface area (Å²) < 4.78 is 5.99. The number of rotatable bonds is 8. The van der Waals surface area contributed by atoms with Crippen LogP contribution >= 0.6 is 0 Å². The van der Waals surface area contributed by atoms with Gasteiger partial charge in [0.25, 0.3) is 5.56 Å². The monoisotopic (exact) mass is 405 g/mol. The van der Waals surface area contributed by atoms with Crippen molar-refractivity contribution in [3.8, 4) is 0 Å². The maximum Gasteiger partial charge on any atom is 0.258 e. The molecule has 30 heavy (non-hydrogen) atoms. The second kappa shape index (κ2) is 9.67. The van der Waals surface area contributed by atoms with Crippen LogP contribution in [0.4, 0.5) is 0 Å². The Labute approximate surface area is 175 Å². The summed E-state index contributed by atoms with van der Waals surface area (Å²) in [5.41, 5.74) is 1.73. The van der Waals surface area contributed by atoms with E-state index in [1.807, 2.05) is 36.4 Å². The number of nitrogens with one attached hydrogen (secondary N) is 2. The van der Waals surface area contributed by atoms with Gasteiger partial charge in [-0.1, -0.05) is 42.5 Å². The van der Waals surface area contributed by atoms with Crippen LogP contribution in [0.1, 0.15) is 43.5 Å². The van der Waals surface area contributed by atoms with Crippen LogP contribution < -0.4 is 10.9 Å². The minimum absolute atomic E-state index is 0.0480. The number of H-pyrrole nitrogens is 1. The van der Waals surface area contributed by atoms with E-state index in [2.05, 4.69) is 27.4 Å². The van der Waals surface area contributed by atoms with Gasteiger partial charge in [-0.15, -0.1) is 0 Å². The third-order valence-electron chi connectivity index (χ3n) is 5.56. The fraction of sp³-hybridized carbons (Fsp3) is 0.375. The average Bonchev–Trinajstić information content (AvgIpc) is 3.20. The molecule has 0 bridgehead atoms. The molecule has 2 aromatic carbocycles. The molecule has 4 rings (SSSR count). The van der Waals surface area contributed by atoms with Gasteiger partial charge in [0.2, 0.25) is 5.91 Å². The molecule has 156 valence electrons. The highest BCUT2D eigenvalue weighted by Crippen LogP contribution is 2.23. The van der Waals surface area contributed by atoms with Gasteiger partial charge < -0.3 is 15.0 Å². The van der Waals surface area contributed by atoms with Crippen molar-refractivity contribution < 1.29 is 9.53 Å². The lowest BCUT2D eigenvalue weighted by Crippen LogP contribution is -2.33. The first-order valence-corrected chi connectivity index (χ1v) is 10.6. The number of carbonyl (C=O) groups is 1. The first-order chi connectivity index (χ1) is 14.7. The zero-order chi connectivity index (χ0) is 20.8. The molecule has 0 unspecified atom stereocenters. The van der Waals surface area contributed by atoms with Crippen LogP contribution in [0.15, 0.2) is 59.4 Å². The Hall–Kier alpha value is -2.99. The highest BCUT2D eigenvalue weighted by atomic mass is 16.5. The number of aromatic nitrogens is 2. The molecule has 6 nitrogen and oxygen atoms in total. The van der Waals surface area contributed by atoms with Gasteiger partial charge in [0.05, 0.1) is 23.6 Å². The molecule has 0 saturated heterocycles. The first kappa shape index (κ1) is 20.3. The Kier molecular flexibility index (Phi) is 6.54. The zero-order valence-electron chi connectivity index (χ0n) is 17.0. The van der Waals surface area contributed by atoms with E-state index in [4.69, 9.17) is 4.74 Å². The number of aryl methyl sites for hydroxylation is 1. The number of carbonyl (C=O) groups excluding carboxylic acids is 1. The van der Waals surface area contributed by atoms with Gasteiger partial charge in [0.15, 0.2) is 0 Å². The lowest BCUT2D eigenvalue weighted by Gasteiger charge is -2.14. The fourth-order valence-corrected chi connectivity index (χ4v) is 3.98. The summed E-state index contributed by atoms with van der Waals surface area (Å²) in [6.07, 6.45) is 4.61. The van der Waals surface area contributed by atoms with Crippen LogP contribution in [0.3, 0.4) is 0 Å². The van der Waals surface area contributed by atoms with Crippen LogP contribution in [0, 0.1) is 0 Å². The van der Waals surface area contributed by atoms with Gasteiger partial charge in [0.1, 0.15) is 5.82 Å². The normalized spacial score (nSPS) is 18.5. The number of benzene rings is 2. The molecule has 0 radical (unpaired) electrons. The molecule has 1 saturated carbocycles. The van der Waals surface area contributed by atoms with Gasteiger partial charge in [-0.3, -0.25) is 9.59 Å². The summed E-state index contributed by atoms with van der Waals surface area (Å²) in [6.45, 7) is 0.614. The van der Waals surface area contributed by atoms with Gasteiger partial charge in [-0.25, -0.2) is 4.98 Å². The number of aromatic amines is 1. The van der Waals surface area contributed by atoms with Gasteiger partial charge in [0, 0.05) is 18.9 Å².